The summed E-state index contributed by atoms with van der Waals surface area (Å²) < 4.78 is 32.0. The highest BCUT2D eigenvalue weighted by Crippen LogP contribution is 2.40. The second-order valence-electron chi connectivity index (χ2n) is 10.1. The second kappa shape index (κ2) is 11.2. The average molecular weight is 486 g/mol. The number of piperidine rings is 1. The van der Waals surface area contributed by atoms with Gasteiger partial charge in [0.1, 0.15) is 5.75 Å². The van der Waals surface area contributed by atoms with Crippen LogP contribution < -0.4 is 14.8 Å². The maximum absolute atomic E-state index is 11.9. The Labute approximate surface area is 205 Å². The van der Waals surface area contributed by atoms with Crippen molar-refractivity contribution in [2.45, 2.75) is 62.6 Å². The molecule has 186 valence electrons. The van der Waals surface area contributed by atoms with Crippen LogP contribution in [0.5, 0.6) is 5.75 Å². The molecule has 2 aliphatic rings. The number of nitrogens with zero attached hydrogens (tertiary/aromatic N) is 1. The molecule has 2 aromatic carbocycles. The number of benzene rings is 2. The first-order valence-electron chi connectivity index (χ1n) is 12.5. The van der Waals surface area contributed by atoms with Gasteiger partial charge in [-0.2, -0.15) is 0 Å². The SMILES string of the molecule is COc1cccc(C2(CNS(C)(=O)=O)CCC(NC3CCN(Cc4ccccc4)CC3)CC2)c1. The Morgan fingerprint density at radius 3 is 2.29 bits per heavy atom. The molecule has 7 heteroatoms. The maximum Gasteiger partial charge on any atom is 0.208 e. The summed E-state index contributed by atoms with van der Waals surface area (Å²) in [6, 6.07) is 19.9. The lowest BCUT2D eigenvalue weighted by atomic mass is 9.68. The maximum atomic E-state index is 11.9. The van der Waals surface area contributed by atoms with E-state index in [9.17, 15) is 8.42 Å². The first-order valence-corrected chi connectivity index (χ1v) is 14.4. The Balaban J connectivity index is 1.32. The highest BCUT2D eigenvalue weighted by atomic mass is 32.2. The van der Waals surface area contributed by atoms with Crippen LogP contribution in [0.2, 0.25) is 0 Å². The highest BCUT2D eigenvalue weighted by molar-refractivity contribution is 7.88. The molecule has 4 rings (SSSR count). The minimum absolute atomic E-state index is 0.200. The van der Waals surface area contributed by atoms with Crippen LogP contribution in [0.3, 0.4) is 0 Å². The summed E-state index contributed by atoms with van der Waals surface area (Å²) in [5.74, 6) is 0.818. The van der Waals surface area contributed by atoms with E-state index in [2.05, 4.69) is 57.4 Å². The summed E-state index contributed by atoms with van der Waals surface area (Å²) in [5.41, 5.74) is 2.35. The lowest BCUT2D eigenvalue weighted by Crippen LogP contribution is -2.50. The Hall–Kier alpha value is -1.93. The van der Waals surface area contributed by atoms with Gasteiger partial charge in [-0.05, 0) is 74.9 Å². The number of nitrogens with one attached hydrogen (secondary N) is 2. The van der Waals surface area contributed by atoms with Crippen LogP contribution in [-0.4, -0.2) is 58.4 Å². The van der Waals surface area contributed by atoms with Gasteiger partial charge in [-0.25, -0.2) is 13.1 Å². The molecule has 0 aromatic heterocycles. The van der Waals surface area contributed by atoms with Crippen molar-refractivity contribution in [3.05, 3.63) is 65.7 Å². The van der Waals surface area contributed by atoms with Crippen molar-refractivity contribution in [1.29, 1.82) is 0 Å². The molecular formula is C27H39N3O3S. The number of methoxy groups -OCH3 is 1. The number of sulfonamides is 1. The zero-order chi connectivity index (χ0) is 24.0. The Bertz CT molecular complexity index is 1010. The van der Waals surface area contributed by atoms with Crippen LogP contribution in [0, 0.1) is 0 Å². The number of ether oxygens (including phenoxy) is 1. The smallest absolute Gasteiger partial charge is 0.208 e. The van der Waals surface area contributed by atoms with E-state index in [0.29, 0.717) is 18.6 Å². The third-order valence-corrected chi connectivity index (χ3v) is 8.27. The van der Waals surface area contributed by atoms with E-state index in [1.54, 1.807) is 7.11 Å². The Kier molecular flexibility index (Phi) is 8.30. The van der Waals surface area contributed by atoms with Crippen molar-refractivity contribution in [2.75, 3.05) is 33.0 Å². The molecule has 1 saturated heterocycles. The molecule has 34 heavy (non-hydrogen) atoms. The molecule has 2 aromatic rings. The zero-order valence-corrected chi connectivity index (χ0v) is 21.3. The van der Waals surface area contributed by atoms with E-state index < -0.39 is 10.0 Å². The highest BCUT2D eigenvalue weighted by Gasteiger charge is 2.38. The summed E-state index contributed by atoms with van der Waals surface area (Å²) >= 11 is 0. The molecule has 0 unspecified atom stereocenters. The molecule has 0 bridgehead atoms. The van der Waals surface area contributed by atoms with E-state index in [-0.39, 0.29) is 5.41 Å². The molecule has 0 atom stereocenters. The molecule has 1 aliphatic heterocycles. The number of likely N-dealkylation sites (tertiary alicyclic amines) is 1. The van der Waals surface area contributed by atoms with Crippen molar-refractivity contribution < 1.29 is 13.2 Å². The first-order chi connectivity index (χ1) is 16.4. The lowest BCUT2D eigenvalue weighted by molar-refractivity contribution is 0.167. The zero-order valence-electron chi connectivity index (χ0n) is 20.5. The van der Waals surface area contributed by atoms with Crippen molar-refractivity contribution in [3.8, 4) is 5.75 Å². The van der Waals surface area contributed by atoms with Crippen molar-refractivity contribution >= 4 is 10.0 Å². The van der Waals surface area contributed by atoms with Gasteiger partial charge in [0.15, 0.2) is 0 Å². The van der Waals surface area contributed by atoms with Crippen molar-refractivity contribution in [2.24, 2.45) is 0 Å². The fraction of sp³-hybridized carbons (Fsp3) is 0.556. The predicted octanol–water partition coefficient (Wildman–Crippen LogP) is 3.68. The molecule has 0 spiro atoms. The van der Waals surface area contributed by atoms with Gasteiger partial charge in [0, 0.05) is 30.6 Å². The summed E-state index contributed by atoms with van der Waals surface area (Å²) in [6.07, 6.45) is 7.60. The number of rotatable bonds is 9. The first kappa shape index (κ1) is 25.2. The third-order valence-electron chi connectivity index (χ3n) is 7.61. The van der Waals surface area contributed by atoms with Gasteiger partial charge in [0.25, 0.3) is 0 Å². The fourth-order valence-corrected chi connectivity index (χ4v) is 6.10. The molecule has 0 amide bonds. The second-order valence-corrected chi connectivity index (χ2v) is 11.9. The third kappa shape index (κ3) is 6.81. The lowest BCUT2D eigenvalue weighted by Gasteiger charge is -2.43. The van der Waals surface area contributed by atoms with Crippen molar-refractivity contribution in [3.63, 3.8) is 0 Å². The van der Waals surface area contributed by atoms with Crippen LogP contribution in [0.15, 0.2) is 54.6 Å². The van der Waals surface area contributed by atoms with Crippen molar-refractivity contribution in [1.82, 2.24) is 14.9 Å². The number of hydrogen-bond donors (Lipinski definition) is 2. The summed E-state index contributed by atoms with van der Waals surface area (Å²) in [4.78, 5) is 2.55. The summed E-state index contributed by atoms with van der Waals surface area (Å²) in [5, 5.41) is 3.94. The largest absolute Gasteiger partial charge is 0.497 e. The van der Waals surface area contributed by atoms with E-state index in [0.717, 1.165) is 56.6 Å². The molecule has 1 heterocycles. The Morgan fingerprint density at radius 1 is 0.971 bits per heavy atom. The fourth-order valence-electron chi connectivity index (χ4n) is 5.56. The van der Waals surface area contributed by atoms with Crippen LogP contribution in [0.1, 0.15) is 49.7 Å². The molecule has 6 nitrogen and oxygen atoms in total. The Morgan fingerprint density at radius 2 is 1.65 bits per heavy atom. The molecular weight excluding hydrogens is 446 g/mol. The summed E-state index contributed by atoms with van der Waals surface area (Å²) in [6.45, 7) is 3.73. The summed E-state index contributed by atoms with van der Waals surface area (Å²) in [7, 11) is -1.58. The van der Waals surface area contributed by atoms with Gasteiger partial charge < -0.3 is 10.1 Å². The molecule has 2 fully saturated rings. The van der Waals surface area contributed by atoms with Gasteiger partial charge in [-0.15, -0.1) is 0 Å². The van der Waals surface area contributed by atoms with E-state index in [1.165, 1.54) is 24.7 Å². The molecule has 2 N–H and O–H groups in total. The standard InChI is InChI=1S/C27H39N3O3S/c1-33-26-10-6-9-23(19-26)27(21-28-34(2,31)32)15-11-24(12-16-27)29-25-13-17-30(18-14-25)20-22-7-4-3-5-8-22/h3-10,19,24-25,28-29H,11-18,20-21H2,1-2H3. The predicted molar refractivity (Wildman–Crippen MR) is 138 cm³/mol. The van der Waals surface area contributed by atoms with E-state index in [4.69, 9.17) is 4.74 Å². The topological polar surface area (TPSA) is 70.7 Å². The van der Waals surface area contributed by atoms with Gasteiger partial charge >= 0.3 is 0 Å². The molecule has 1 aliphatic carbocycles. The molecule has 1 saturated carbocycles. The van der Waals surface area contributed by atoms with Crippen LogP contribution in [-0.2, 0) is 22.0 Å². The van der Waals surface area contributed by atoms with E-state index >= 15 is 0 Å². The van der Waals surface area contributed by atoms with Crippen LogP contribution in [0.4, 0.5) is 0 Å². The minimum Gasteiger partial charge on any atom is -0.497 e. The van der Waals surface area contributed by atoms with Crippen LogP contribution >= 0.6 is 0 Å². The number of hydrogen-bond acceptors (Lipinski definition) is 5. The van der Waals surface area contributed by atoms with Gasteiger partial charge in [-0.1, -0.05) is 42.5 Å². The monoisotopic (exact) mass is 485 g/mol. The van der Waals surface area contributed by atoms with E-state index in [1.807, 2.05) is 12.1 Å². The quantitative estimate of drug-likeness (QED) is 0.567. The molecule has 0 radical (unpaired) electrons. The average Bonchev–Trinajstić information content (AvgIpc) is 2.85. The van der Waals surface area contributed by atoms with Crippen LogP contribution in [0.25, 0.3) is 0 Å². The minimum atomic E-state index is -3.25. The normalized spacial score (nSPS) is 24.7. The van der Waals surface area contributed by atoms with Gasteiger partial charge in [-0.3, -0.25) is 4.90 Å². The van der Waals surface area contributed by atoms with Gasteiger partial charge in [0.05, 0.1) is 13.4 Å². The van der Waals surface area contributed by atoms with Gasteiger partial charge in [0.2, 0.25) is 10.0 Å².